The van der Waals surface area contributed by atoms with E-state index in [9.17, 15) is 18.9 Å². The first-order valence-corrected chi connectivity index (χ1v) is 20.1. The maximum atomic E-state index is 14.6. The van der Waals surface area contributed by atoms with Crippen LogP contribution in [0.4, 0.5) is 10.2 Å². The molecule has 15 heteroatoms. The number of nitrogen functional groups attached to an aromatic ring is 1. The van der Waals surface area contributed by atoms with Gasteiger partial charge in [0.2, 0.25) is 0 Å². The third kappa shape index (κ3) is 11.5. The first kappa shape index (κ1) is 40.2. The van der Waals surface area contributed by atoms with Crippen molar-refractivity contribution in [3.05, 3.63) is 78.6 Å². The quantitative estimate of drug-likeness (QED) is 0.0314. The van der Waals surface area contributed by atoms with Gasteiger partial charge in [0, 0.05) is 6.42 Å². The first-order chi connectivity index (χ1) is 25.6. The minimum absolute atomic E-state index is 0.0516. The van der Waals surface area contributed by atoms with Crippen LogP contribution in [0.1, 0.15) is 96.3 Å². The number of aliphatic hydroxyl groups is 1. The number of para-hydroxylation sites is 1. The fraction of sp³-hybridized carbons (Fsp3) is 0.526. The Bertz CT molecular complexity index is 1780. The van der Waals surface area contributed by atoms with Gasteiger partial charge in [-0.05, 0) is 37.5 Å². The number of aliphatic hydroxyl groups excluding tert-OH is 1. The van der Waals surface area contributed by atoms with Crippen molar-refractivity contribution in [3.63, 3.8) is 0 Å². The second-order valence-electron chi connectivity index (χ2n) is 13.7. The van der Waals surface area contributed by atoms with Crippen LogP contribution in [0, 0.1) is 6.08 Å². The van der Waals surface area contributed by atoms with E-state index in [1.807, 2.05) is 30.3 Å². The zero-order valence-electron chi connectivity index (χ0n) is 30.6. The number of fused-ring (bicyclic) bond motifs is 1. The largest absolute Gasteiger partial charge is 0.465 e. The summed E-state index contributed by atoms with van der Waals surface area (Å²) in [6.45, 7) is 3.63. The van der Waals surface area contributed by atoms with Crippen LogP contribution in [-0.2, 0) is 29.8 Å². The highest BCUT2D eigenvalue weighted by Gasteiger charge is 2.48. The lowest BCUT2D eigenvalue weighted by Crippen LogP contribution is -2.43. The maximum Gasteiger partial charge on any atom is 0.459 e. The summed E-state index contributed by atoms with van der Waals surface area (Å²) in [5, 5.41) is 14.0. The van der Waals surface area contributed by atoms with Crippen molar-refractivity contribution in [2.24, 2.45) is 0 Å². The number of imidazole rings is 1. The average molecular weight is 755 g/mol. The predicted octanol–water partition coefficient (Wildman–Crippen LogP) is 7.45. The van der Waals surface area contributed by atoms with Gasteiger partial charge in [-0.3, -0.25) is 13.9 Å². The summed E-state index contributed by atoms with van der Waals surface area (Å²) in [6, 6.07) is 16.6. The fourth-order valence-electron chi connectivity index (χ4n) is 6.31. The molecule has 0 spiro atoms. The van der Waals surface area contributed by atoms with E-state index in [-0.39, 0.29) is 42.2 Å². The molecule has 0 aliphatic carbocycles. The second-order valence-corrected chi connectivity index (χ2v) is 15.4. The van der Waals surface area contributed by atoms with E-state index in [2.05, 4.69) is 27.0 Å². The van der Waals surface area contributed by atoms with Gasteiger partial charge in [-0.25, -0.2) is 9.55 Å². The molecule has 0 bridgehead atoms. The fourth-order valence-corrected chi connectivity index (χ4v) is 7.89. The lowest BCUT2D eigenvalue weighted by Gasteiger charge is -2.31. The van der Waals surface area contributed by atoms with E-state index in [4.69, 9.17) is 24.3 Å². The van der Waals surface area contributed by atoms with Crippen molar-refractivity contribution in [1.29, 1.82) is 0 Å². The minimum Gasteiger partial charge on any atom is -0.465 e. The number of nitrogens with two attached hydrogens (primary N) is 1. The molecule has 1 saturated heterocycles. The summed E-state index contributed by atoms with van der Waals surface area (Å²) in [4.78, 5) is 25.1. The average Bonchev–Trinajstić information content (AvgIpc) is 3.70. The van der Waals surface area contributed by atoms with Gasteiger partial charge in [-0.15, -0.1) is 0 Å². The number of unbranched alkanes of at least 4 members (excludes halogenated alkanes) is 9. The zero-order valence-corrected chi connectivity index (χ0v) is 31.5. The number of carbonyl (C=O) groups is 1. The molecule has 5 atom stereocenters. The number of nitrogens with one attached hydrogen (secondary N) is 1. The van der Waals surface area contributed by atoms with Crippen molar-refractivity contribution in [2.75, 3.05) is 18.9 Å². The summed E-state index contributed by atoms with van der Waals surface area (Å²) >= 11 is 0. The Morgan fingerprint density at radius 3 is 2.36 bits per heavy atom. The number of carbonyl (C=O) groups excluding carboxylic acids is 1. The third-order valence-electron chi connectivity index (χ3n) is 9.38. The van der Waals surface area contributed by atoms with E-state index in [0.29, 0.717) is 0 Å². The number of hydrogen-bond donors (Lipinski definition) is 3. The molecule has 4 aromatic rings. The molecule has 0 unspecified atom stereocenters. The van der Waals surface area contributed by atoms with Gasteiger partial charge >= 0.3 is 19.8 Å². The molecule has 1 aliphatic rings. The molecule has 3 heterocycles. The maximum absolute atomic E-state index is 14.6. The van der Waals surface area contributed by atoms with Crippen molar-refractivity contribution < 1.29 is 37.4 Å². The van der Waals surface area contributed by atoms with E-state index in [0.717, 1.165) is 31.2 Å². The Morgan fingerprint density at radius 2 is 1.68 bits per heavy atom. The van der Waals surface area contributed by atoms with Crippen LogP contribution in [0.5, 0.6) is 5.75 Å². The smallest absolute Gasteiger partial charge is 0.459 e. The normalized spacial score (nSPS) is 20.3. The van der Waals surface area contributed by atoms with Crippen LogP contribution in [0.15, 0.2) is 67.0 Å². The van der Waals surface area contributed by atoms with E-state index in [1.54, 1.807) is 37.3 Å². The highest BCUT2D eigenvalue weighted by molar-refractivity contribution is 7.52. The number of hydrogen-bond acceptors (Lipinski definition) is 11. The standard InChI is InChI=1S/C38H52FN6O7P/c1-3-4-5-6-7-8-9-10-11-18-23-49-36(47)30(24-28-19-14-12-15-20-28)44-53(48,52-29-21-16-13-17-22-29)50-26-38(2)31(46)25-32(51-38)45-27-41-33-34(40)42-37(39)43-35(33)45/h12-17,19-22,27,30-32,46H,3-11,18,23-26H2,1-2H3,(H,44,48)(H2,40,42,43)/t30-,31-,32+,38+,53+/m0/s1. The highest BCUT2D eigenvalue weighted by Crippen LogP contribution is 2.48. The minimum atomic E-state index is -4.36. The summed E-state index contributed by atoms with van der Waals surface area (Å²) in [5.74, 6) is -0.483. The molecule has 288 valence electrons. The lowest BCUT2D eigenvalue weighted by molar-refractivity contribution is -0.146. The Balaban J connectivity index is 1.25. The van der Waals surface area contributed by atoms with Crippen LogP contribution < -0.4 is 15.3 Å². The lowest BCUT2D eigenvalue weighted by atomic mass is 10.0. The number of esters is 1. The van der Waals surface area contributed by atoms with Crippen molar-refractivity contribution in [3.8, 4) is 5.75 Å². The summed E-state index contributed by atoms with van der Waals surface area (Å²) in [7, 11) is -4.36. The summed E-state index contributed by atoms with van der Waals surface area (Å²) < 4.78 is 54.0. The van der Waals surface area contributed by atoms with Crippen LogP contribution in [0.25, 0.3) is 11.2 Å². The zero-order chi connectivity index (χ0) is 37.7. The number of benzene rings is 2. The van der Waals surface area contributed by atoms with Crippen molar-refractivity contribution in [2.45, 2.75) is 115 Å². The first-order valence-electron chi connectivity index (χ1n) is 18.6. The molecule has 13 nitrogen and oxygen atoms in total. The van der Waals surface area contributed by atoms with Gasteiger partial charge in [0.15, 0.2) is 17.0 Å². The van der Waals surface area contributed by atoms with Crippen LogP contribution in [-0.4, -0.2) is 61.6 Å². The molecule has 1 fully saturated rings. The Hall–Kier alpha value is -3.94. The molecule has 1 aliphatic heterocycles. The molecule has 2 aromatic heterocycles. The molecule has 0 radical (unpaired) electrons. The number of nitrogens with zero attached hydrogens (tertiary/aromatic N) is 4. The second kappa shape index (κ2) is 19.4. The SMILES string of the molecule is CCCCCCCCCCCCOC(=O)[C@H](Cc1ccccc1)N[P@@](=O)(OC[C@@]1(C)O[C@@H](n2cnc3c(N)nc(F)nc32)C[C@@H]1O)Oc1ccccc1. The Morgan fingerprint density at radius 1 is 1.04 bits per heavy atom. The van der Waals surface area contributed by atoms with Gasteiger partial charge < -0.3 is 24.8 Å². The van der Waals surface area contributed by atoms with E-state index < -0.39 is 50.4 Å². The molecule has 2 aromatic carbocycles. The van der Waals surface area contributed by atoms with Crippen LogP contribution >= 0.6 is 7.75 Å². The molecule has 0 saturated carbocycles. The van der Waals surface area contributed by atoms with Crippen LogP contribution in [0.2, 0.25) is 0 Å². The summed E-state index contributed by atoms with van der Waals surface area (Å²) in [6.07, 6.45) is 10.1. The van der Waals surface area contributed by atoms with Gasteiger partial charge in [-0.2, -0.15) is 19.4 Å². The molecular weight excluding hydrogens is 702 g/mol. The van der Waals surface area contributed by atoms with Crippen LogP contribution in [0.3, 0.4) is 0 Å². The highest BCUT2D eigenvalue weighted by atomic mass is 31.2. The number of aromatic nitrogens is 4. The molecular formula is C38H52FN6O7P. The molecule has 5 rings (SSSR count). The number of halogens is 1. The molecule has 0 amide bonds. The van der Waals surface area contributed by atoms with Crippen molar-refractivity contribution in [1.82, 2.24) is 24.6 Å². The molecule has 53 heavy (non-hydrogen) atoms. The third-order valence-corrected chi connectivity index (χ3v) is 10.9. The Labute approximate surface area is 310 Å². The van der Waals surface area contributed by atoms with Gasteiger partial charge in [0.05, 0.1) is 25.6 Å². The van der Waals surface area contributed by atoms with Gasteiger partial charge in [0.1, 0.15) is 23.6 Å². The van der Waals surface area contributed by atoms with Gasteiger partial charge in [0.25, 0.3) is 0 Å². The predicted molar refractivity (Wildman–Crippen MR) is 199 cm³/mol. The monoisotopic (exact) mass is 754 g/mol. The van der Waals surface area contributed by atoms with E-state index in [1.165, 1.54) is 49.4 Å². The number of anilines is 1. The van der Waals surface area contributed by atoms with E-state index >= 15 is 0 Å². The Kier molecular flexibility index (Phi) is 14.7. The number of ether oxygens (including phenoxy) is 2. The number of rotatable bonds is 22. The van der Waals surface area contributed by atoms with Gasteiger partial charge in [-0.1, -0.05) is 113 Å². The summed E-state index contributed by atoms with van der Waals surface area (Å²) in [5.41, 5.74) is 5.50. The van der Waals surface area contributed by atoms with Crippen molar-refractivity contribution >= 4 is 30.7 Å². The molecule has 4 N–H and O–H groups in total. The topological polar surface area (TPSA) is 173 Å².